The van der Waals surface area contributed by atoms with Gasteiger partial charge in [0.25, 0.3) is 0 Å². The van der Waals surface area contributed by atoms with Crippen LogP contribution < -0.4 is 0 Å². The second-order valence-electron chi connectivity index (χ2n) is 4.01. The fourth-order valence-corrected chi connectivity index (χ4v) is 1.86. The number of benzene rings is 1. The molecule has 3 aromatic rings. The number of imidazole rings is 1. The van der Waals surface area contributed by atoms with Crippen molar-refractivity contribution in [1.29, 1.82) is 0 Å². The summed E-state index contributed by atoms with van der Waals surface area (Å²) in [6.07, 6.45) is -1.14. The highest BCUT2D eigenvalue weighted by Crippen LogP contribution is 2.30. The fourth-order valence-electron chi connectivity index (χ4n) is 1.86. The number of nitrogens with zero attached hydrogens (tertiary/aromatic N) is 3. The van der Waals surface area contributed by atoms with Crippen molar-refractivity contribution in [2.75, 3.05) is 0 Å². The molecule has 0 aliphatic heterocycles. The summed E-state index contributed by atoms with van der Waals surface area (Å²) in [5, 5.41) is 4.12. The predicted molar refractivity (Wildman–Crippen MR) is 63.4 cm³/mol. The molecule has 0 radical (unpaired) electrons. The number of alkyl halides is 3. The van der Waals surface area contributed by atoms with Crippen LogP contribution >= 0.6 is 0 Å². The van der Waals surface area contributed by atoms with Gasteiger partial charge in [0.15, 0.2) is 5.65 Å². The van der Waals surface area contributed by atoms with Crippen molar-refractivity contribution in [2.24, 2.45) is 0 Å². The minimum atomic E-state index is -4.32. The SMILES string of the molecule is FC(F)(F)c1ccc(-c2cnc3cccnn23)cc1. The van der Waals surface area contributed by atoms with Gasteiger partial charge in [-0.15, -0.1) is 0 Å². The van der Waals surface area contributed by atoms with E-state index in [-0.39, 0.29) is 0 Å². The minimum Gasteiger partial charge on any atom is -0.235 e. The van der Waals surface area contributed by atoms with Crippen LogP contribution in [0.2, 0.25) is 0 Å². The van der Waals surface area contributed by atoms with Crippen LogP contribution in [0.15, 0.2) is 48.8 Å². The van der Waals surface area contributed by atoms with E-state index in [1.807, 2.05) is 0 Å². The lowest BCUT2D eigenvalue weighted by Gasteiger charge is -2.07. The van der Waals surface area contributed by atoms with E-state index in [0.29, 0.717) is 16.9 Å². The van der Waals surface area contributed by atoms with Gasteiger partial charge in [-0.1, -0.05) is 12.1 Å². The second kappa shape index (κ2) is 4.08. The molecule has 0 fully saturated rings. The Morgan fingerprint density at radius 1 is 1.00 bits per heavy atom. The molecule has 3 rings (SSSR count). The van der Waals surface area contributed by atoms with E-state index in [2.05, 4.69) is 10.1 Å². The Morgan fingerprint density at radius 2 is 1.74 bits per heavy atom. The highest BCUT2D eigenvalue weighted by atomic mass is 19.4. The van der Waals surface area contributed by atoms with Crippen LogP contribution in [0.1, 0.15) is 5.56 Å². The normalized spacial score (nSPS) is 11.9. The Bertz CT molecular complexity index is 714. The molecule has 2 heterocycles. The van der Waals surface area contributed by atoms with E-state index in [0.717, 1.165) is 12.1 Å². The number of rotatable bonds is 1. The summed E-state index contributed by atoms with van der Waals surface area (Å²) in [5.74, 6) is 0. The first-order valence-electron chi connectivity index (χ1n) is 5.52. The monoisotopic (exact) mass is 263 g/mol. The number of aromatic nitrogens is 3. The Balaban J connectivity index is 2.07. The van der Waals surface area contributed by atoms with Gasteiger partial charge >= 0.3 is 6.18 Å². The van der Waals surface area contributed by atoms with Gasteiger partial charge in [0.05, 0.1) is 17.5 Å². The van der Waals surface area contributed by atoms with E-state index in [4.69, 9.17) is 0 Å². The van der Waals surface area contributed by atoms with E-state index < -0.39 is 11.7 Å². The molecule has 0 bridgehead atoms. The van der Waals surface area contributed by atoms with Crippen LogP contribution in [0.5, 0.6) is 0 Å². The topological polar surface area (TPSA) is 30.2 Å². The molecule has 19 heavy (non-hydrogen) atoms. The van der Waals surface area contributed by atoms with E-state index in [1.165, 1.54) is 12.1 Å². The molecule has 0 aliphatic rings. The van der Waals surface area contributed by atoms with Gasteiger partial charge < -0.3 is 0 Å². The summed E-state index contributed by atoms with van der Waals surface area (Å²) < 4.78 is 39.0. The Kier molecular flexibility index (Phi) is 2.51. The van der Waals surface area contributed by atoms with Gasteiger partial charge in [0, 0.05) is 11.8 Å². The van der Waals surface area contributed by atoms with Gasteiger partial charge in [-0.05, 0) is 24.3 Å². The predicted octanol–water partition coefficient (Wildman–Crippen LogP) is 3.42. The third kappa shape index (κ3) is 2.05. The number of halogens is 3. The van der Waals surface area contributed by atoms with Crippen LogP contribution in [0.25, 0.3) is 16.9 Å². The van der Waals surface area contributed by atoms with Crippen molar-refractivity contribution in [1.82, 2.24) is 14.6 Å². The van der Waals surface area contributed by atoms with Gasteiger partial charge in [-0.25, -0.2) is 9.50 Å². The van der Waals surface area contributed by atoms with E-state index in [9.17, 15) is 13.2 Å². The molecule has 1 aromatic carbocycles. The largest absolute Gasteiger partial charge is 0.416 e. The average Bonchev–Trinajstić information content (AvgIpc) is 2.82. The maximum Gasteiger partial charge on any atom is 0.416 e. The molecule has 0 aliphatic carbocycles. The maximum absolute atomic E-state index is 12.5. The lowest BCUT2D eigenvalue weighted by atomic mass is 10.1. The van der Waals surface area contributed by atoms with Gasteiger partial charge in [-0.3, -0.25) is 0 Å². The highest BCUT2D eigenvalue weighted by molar-refractivity contribution is 5.63. The third-order valence-electron chi connectivity index (χ3n) is 2.79. The fraction of sp³-hybridized carbons (Fsp3) is 0.0769. The van der Waals surface area contributed by atoms with E-state index >= 15 is 0 Å². The standard InChI is InChI=1S/C13H8F3N3/c14-13(15,16)10-5-3-9(4-6-10)11-8-17-12-2-1-7-18-19(11)12/h1-8H. The van der Waals surface area contributed by atoms with Crippen LogP contribution in [-0.4, -0.2) is 14.6 Å². The maximum atomic E-state index is 12.5. The number of fused-ring (bicyclic) bond motifs is 1. The quantitative estimate of drug-likeness (QED) is 0.673. The minimum absolute atomic E-state index is 0.638. The first kappa shape index (κ1) is 11.7. The Hall–Kier alpha value is -2.37. The molecule has 0 saturated heterocycles. The molecule has 0 spiro atoms. The van der Waals surface area contributed by atoms with Crippen LogP contribution in [0.4, 0.5) is 13.2 Å². The Labute approximate surface area is 106 Å². The zero-order valence-corrected chi connectivity index (χ0v) is 9.59. The van der Waals surface area contributed by atoms with Crippen molar-refractivity contribution in [2.45, 2.75) is 6.18 Å². The molecule has 0 amide bonds. The molecule has 0 atom stereocenters. The summed E-state index contributed by atoms with van der Waals surface area (Å²) in [5.41, 5.74) is 1.28. The van der Waals surface area contributed by atoms with Gasteiger partial charge in [0.2, 0.25) is 0 Å². The molecule has 3 nitrogen and oxygen atoms in total. The zero-order chi connectivity index (χ0) is 13.5. The average molecular weight is 263 g/mol. The number of hydrogen-bond donors (Lipinski definition) is 0. The summed E-state index contributed by atoms with van der Waals surface area (Å²) in [7, 11) is 0. The van der Waals surface area contributed by atoms with Crippen molar-refractivity contribution in [3.05, 3.63) is 54.4 Å². The van der Waals surface area contributed by atoms with Crippen molar-refractivity contribution < 1.29 is 13.2 Å². The van der Waals surface area contributed by atoms with Crippen molar-refractivity contribution in [3.63, 3.8) is 0 Å². The van der Waals surface area contributed by atoms with Gasteiger partial charge in [-0.2, -0.15) is 18.3 Å². The van der Waals surface area contributed by atoms with Crippen LogP contribution in [0.3, 0.4) is 0 Å². The van der Waals surface area contributed by atoms with Crippen molar-refractivity contribution >= 4 is 5.65 Å². The second-order valence-corrected chi connectivity index (χ2v) is 4.01. The molecule has 0 unspecified atom stereocenters. The summed E-state index contributed by atoms with van der Waals surface area (Å²) in [4.78, 5) is 4.14. The third-order valence-corrected chi connectivity index (χ3v) is 2.79. The smallest absolute Gasteiger partial charge is 0.235 e. The van der Waals surface area contributed by atoms with Crippen molar-refractivity contribution in [3.8, 4) is 11.3 Å². The molecule has 96 valence electrons. The molecular formula is C13H8F3N3. The Morgan fingerprint density at radius 3 is 2.42 bits per heavy atom. The van der Waals surface area contributed by atoms with E-state index in [1.54, 1.807) is 29.0 Å². The van der Waals surface area contributed by atoms with Gasteiger partial charge in [0.1, 0.15) is 0 Å². The molecule has 0 N–H and O–H groups in total. The van der Waals surface area contributed by atoms with Crippen LogP contribution in [-0.2, 0) is 6.18 Å². The summed E-state index contributed by atoms with van der Waals surface area (Å²) >= 11 is 0. The molecular weight excluding hydrogens is 255 g/mol. The highest BCUT2D eigenvalue weighted by Gasteiger charge is 2.30. The lowest BCUT2D eigenvalue weighted by molar-refractivity contribution is -0.137. The first-order chi connectivity index (χ1) is 9.05. The summed E-state index contributed by atoms with van der Waals surface area (Å²) in [6.45, 7) is 0. The molecule has 0 saturated carbocycles. The molecule has 2 aromatic heterocycles. The lowest BCUT2D eigenvalue weighted by Crippen LogP contribution is -2.04. The zero-order valence-electron chi connectivity index (χ0n) is 9.59. The van der Waals surface area contributed by atoms with Crippen LogP contribution in [0, 0.1) is 0 Å². The first-order valence-corrected chi connectivity index (χ1v) is 5.52. The number of hydrogen-bond acceptors (Lipinski definition) is 2. The summed E-state index contributed by atoms with van der Waals surface area (Å²) in [6, 6.07) is 8.47. The molecule has 6 heteroatoms.